The van der Waals surface area contributed by atoms with E-state index in [1.54, 1.807) is 0 Å². The van der Waals surface area contributed by atoms with Gasteiger partial charge in [-0.25, -0.2) is 17.6 Å². The van der Waals surface area contributed by atoms with Gasteiger partial charge in [0.05, 0.1) is 6.04 Å². The molecule has 0 amide bonds. The van der Waals surface area contributed by atoms with Crippen molar-refractivity contribution in [1.82, 2.24) is 5.32 Å². The van der Waals surface area contributed by atoms with Gasteiger partial charge in [0.2, 0.25) is 0 Å². The number of benzene rings is 2. The van der Waals surface area contributed by atoms with Gasteiger partial charge in [-0.15, -0.1) is 0 Å². The van der Waals surface area contributed by atoms with Crippen LogP contribution in [-0.2, 0) is 0 Å². The summed E-state index contributed by atoms with van der Waals surface area (Å²) in [5.41, 5.74) is -0.0202. The monoisotopic (exact) mass is 347 g/mol. The van der Waals surface area contributed by atoms with Gasteiger partial charge in [0.15, 0.2) is 11.6 Å². The Morgan fingerprint density at radius 2 is 1.50 bits per heavy atom. The fourth-order valence-electron chi connectivity index (χ4n) is 2.00. The minimum Gasteiger partial charge on any atom is -0.309 e. The van der Waals surface area contributed by atoms with Crippen LogP contribution in [0.2, 0.25) is 0 Å². The van der Waals surface area contributed by atoms with Crippen molar-refractivity contribution in [1.29, 1.82) is 0 Å². The van der Waals surface area contributed by atoms with Crippen molar-refractivity contribution in [3.8, 4) is 0 Å². The number of halogens is 5. The van der Waals surface area contributed by atoms with E-state index in [1.807, 2.05) is 0 Å². The van der Waals surface area contributed by atoms with Crippen molar-refractivity contribution in [2.75, 3.05) is 7.05 Å². The number of nitrogens with one attached hydrogen (secondary N) is 1. The Balaban J connectivity index is 2.55. The van der Waals surface area contributed by atoms with Gasteiger partial charge in [0.25, 0.3) is 0 Å². The van der Waals surface area contributed by atoms with E-state index in [1.165, 1.54) is 13.1 Å². The Morgan fingerprint density at radius 3 is 2.00 bits per heavy atom. The summed E-state index contributed by atoms with van der Waals surface area (Å²) in [5.74, 6) is -3.64. The highest BCUT2D eigenvalue weighted by molar-refractivity contribution is 9.10. The zero-order valence-corrected chi connectivity index (χ0v) is 11.9. The van der Waals surface area contributed by atoms with E-state index < -0.39 is 29.3 Å². The quantitative estimate of drug-likeness (QED) is 0.815. The molecule has 20 heavy (non-hydrogen) atoms. The van der Waals surface area contributed by atoms with Crippen LogP contribution >= 0.6 is 15.9 Å². The van der Waals surface area contributed by atoms with E-state index in [0.29, 0.717) is 0 Å². The maximum atomic E-state index is 13.9. The van der Waals surface area contributed by atoms with Crippen LogP contribution in [0.3, 0.4) is 0 Å². The molecule has 2 aromatic rings. The van der Waals surface area contributed by atoms with Crippen molar-refractivity contribution in [3.63, 3.8) is 0 Å². The predicted molar refractivity (Wildman–Crippen MR) is 71.3 cm³/mol. The summed E-state index contributed by atoms with van der Waals surface area (Å²) in [5, 5.41) is 2.70. The molecule has 2 rings (SSSR count). The molecule has 6 heteroatoms. The summed E-state index contributed by atoms with van der Waals surface area (Å²) in [4.78, 5) is 0. The molecular formula is C14H10BrF4N. The molecule has 0 aliphatic carbocycles. The molecule has 0 aliphatic rings. The lowest BCUT2D eigenvalue weighted by atomic mass is 9.97. The molecule has 0 bridgehead atoms. The lowest BCUT2D eigenvalue weighted by Gasteiger charge is -2.19. The Hall–Kier alpha value is -1.40. The van der Waals surface area contributed by atoms with Crippen LogP contribution < -0.4 is 5.32 Å². The predicted octanol–water partition coefficient (Wildman–Crippen LogP) is 4.31. The number of rotatable bonds is 3. The van der Waals surface area contributed by atoms with Crippen molar-refractivity contribution >= 4 is 15.9 Å². The highest BCUT2D eigenvalue weighted by Gasteiger charge is 2.22. The normalized spacial score (nSPS) is 12.5. The molecule has 1 nitrogen and oxygen atoms in total. The van der Waals surface area contributed by atoms with Crippen LogP contribution in [0.1, 0.15) is 17.2 Å². The van der Waals surface area contributed by atoms with Crippen molar-refractivity contribution in [2.45, 2.75) is 6.04 Å². The van der Waals surface area contributed by atoms with E-state index in [-0.39, 0.29) is 15.6 Å². The van der Waals surface area contributed by atoms with Crippen molar-refractivity contribution in [2.24, 2.45) is 0 Å². The summed E-state index contributed by atoms with van der Waals surface area (Å²) in [7, 11) is 1.48. The van der Waals surface area contributed by atoms with Crippen molar-refractivity contribution in [3.05, 3.63) is 69.2 Å². The molecule has 0 saturated heterocycles. The Kier molecular flexibility index (Phi) is 4.45. The second-order valence-corrected chi connectivity index (χ2v) is 5.09. The fourth-order valence-corrected chi connectivity index (χ4v) is 2.40. The zero-order chi connectivity index (χ0) is 14.9. The average Bonchev–Trinajstić information content (AvgIpc) is 2.37. The first-order valence-electron chi connectivity index (χ1n) is 5.70. The molecule has 106 valence electrons. The molecule has 0 spiro atoms. The van der Waals surface area contributed by atoms with Crippen LogP contribution in [0.15, 0.2) is 34.8 Å². The number of hydrogen-bond donors (Lipinski definition) is 1. The van der Waals surface area contributed by atoms with E-state index in [4.69, 9.17) is 0 Å². The Labute approximate surface area is 121 Å². The summed E-state index contributed by atoms with van der Waals surface area (Å²) < 4.78 is 54.3. The minimum absolute atomic E-state index is 0.228. The van der Waals surface area contributed by atoms with E-state index in [0.717, 1.165) is 24.3 Å². The van der Waals surface area contributed by atoms with Gasteiger partial charge in [-0.3, -0.25) is 0 Å². The molecule has 1 unspecified atom stereocenters. The SMILES string of the molecule is CNC(c1ccc(F)c(F)c1)c1c(F)cc(Br)cc1F. The van der Waals surface area contributed by atoms with Gasteiger partial charge in [0.1, 0.15) is 11.6 Å². The second kappa shape index (κ2) is 5.93. The smallest absolute Gasteiger partial charge is 0.159 e. The summed E-state index contributed by atoms with van der Waals surface area (Å²) in [6.07, 6.45) is 0. The topological polar surface area (TPSA) is 12.0 Å². The second-order valence-electron chi connectivity index (χ2n) is 4.18. The molecule has 1 N–H and O–H groups in total. The van der Waals surface area contributed by atoms with Gasteiger partial charge >= 0.3 is 0 Å². The molecule has 0 radical (unpaired) electrons. The first kappa shape index (κ1) is 15.0. The van der Waals surface area contributed by atoms with Crippen LogP contribution in [0, 0.1) is 23.3 Å². The molecule has 2 aromatic carbocycles. The Morgan fingerprint density at radius 1 is 0.900 bits per heavy atom. The molecule has 0 aliphatic heterocycles. The summed E-state index contributed by atoms with van der Waals surface area (Å²) in [6, 6.07) is 4.42. The third-order valence-corrected chi connectivity index (χ3v) is 3.36. The highest BCUT2D eigenvalue weighted by atomic mass is 79.9. The van der Waals surface area contributed by atoms with E-state index in [2.05, 4.69) is 21.2 Å². The van der Waals surface area contributed by atoms with Gasteiger partial charge in [-0.1, -0.05) is 22.0 Å². The molecular weight excluding hydrogens is 338 g/mol. The molecule has 0 fully saturated rings. The Bertz CT molecular complexity index is 622. The van der Waals surface area contributed by atoms with Crippen LogP contribution in [0.4, 0.5) is 17.6 Å². The molecule has 0 heterocycles. The first-order chi connectivity index (χ1) is 9.43. The third kappa shape index (κ3) is 2.86. The van der Waals surface area contributed by atoms with Gasteiger partial charge in [0, 0.05) is 10.0 Å². The maximum Gasteiger partial charge on any atom is 0.159 e. The van der Waals surface area contributed by atoms with Gasteiger partial charge in [-0.2, -0.15) is 0 Å². The lowest BCUT2D eigenvalue weighted by Crippen LogP contribution is -2.20. The van der Waals surface area contributed by atoms with Crippen LogP contribution in [0.5, 0.6) is 0 Å². The highest BCUT2D eigenvalue weighted by Crippen LogP contribution is 2.29. The number of hydrogen-bond acceptors (Lipinski definition) is 1. The average molecular weight is 348 g/mol. The molecule has 1 atom stereocenters. The first-order valence-corrected chi connectivity index (χ1v) is 6.50. The van der Waals surface area contributed by atoms with Gasteiger partial charge < -0.3 is 5.32 Å². The van der Waals surface area contributed by atoms with Gasteiger partial charge in [-0.05, 0) is 36.9 Å². The fraction of sp³-hybridized carbons (Fsp3) is 0.143. The van der Waals surface area contributed by atoms with E-state index in [9.17, 15) is 17.6 Å². The molecule has 0 aromatic heterocycles. The maximum absolute atomic E-state index is 13.9. The van der Waals surface area contributed by atoms with Crippen LogP contribution in [0.25, 0.3) is 0 Å². The summed E-state index contributed by atoms with van der Waals surface area (Å²) in [6.45, 7) is 0. The third-order valence-electron chi connectivity index (χ3n) is 2.90. The van der Waals surface area contributed by atoms with Crippen molar-refractivity contribution < 1.29 is 17.6 Å². The summed E-state index contributed by atoms with van der Waals surface area (Å²) >= 11 is 2.99. The molecule has 0 saturated carbocycles. The lowest BCUT2D eigenvalue weighted by molar-refractivity contribution is 0.498. The van der Waals surface area contributed by atoms with E-state index >= 15 is 0 Å². The zero-order valence-electron chi connectivity index (χ0n) is 10.4. The van der Waals surface area contributed by atoms with Crippen LogP contribution in [-0.4, -0.2) is 7.05 Å². The minimum atomic E-state index is -1.07. The largest absolute Gasteiger partial charge is 0.309 e. The standard InChI is InChI=1S/C14H10BrF4N/c1-20-14(7-2-3-9(16)10(17)4-7)13-11(18)5-8(15)6-12(13)19/h2-6,14,20H,1H3.